The maximum atomic E-state index is 14.7. The van der Waals surface area contributed by atoms with E-state index >= 15 is 0 Å². The van der Waals surface area contributed by atoms with Crippen LogP contribution in [0.15, 0.2) is 36.4 Å². The van der Waals surface area contributed by atoms with E-state index in [1.165, 1.54) is 38.2 Å². The Labute approximate surface area is 232 Å². The molecular formula is C33H45F3O3. The van der Waals surface area contributed by atoms with Crippen LogP contribution in [0.25, 0.3) is 11.1 Å². The number of carbonyl (C=O) groups is 1. The summed E-state index contributed by atoms with van der Waals surface area (Å²) < 4.78 is 48.8. The first-order valence-corrected chi connectivity index (χ1v) is 14.9. The third-order valence-corrected chi connectivity index (χ3v) is 8.46. The largest absolute Gasteiger partial charge is 0.493 e. The maximum absolute atomic E-state index is 14.7. The summed E-state index contributed by atoms with van der Waals surface area (Å²) in [6.07, 6.45) is 10.9. The topological polar surface area (TPSA) is 46.5 Å². The summed E-state index contributed by atoms with van der Waals surface area (Å²) in [5.74, 6) is -1.86. The zero-order valence-corrected chi connectivity index (χ0v) is 23.6. The van der Waals surface area contributed by atoms with Crippen molar-refractivity contribution in [3.05, 3.63) is 53.6 Å². The van der Waals surface area contributed by atoms with E-state index in [1.54, 1.807) is 6.07 Å². The first-order valence-electron chi connectivity index (χ1n) is 14.9. The Bertz CT molecular complexity index is 1030. The van der Waals surface area contributed by atoms with Gasteiger partial charge in [-0.1, -0.05) is 83.1 Å². The van der Waals surface area contributed by atoms with Crippen LogP contribution in [0.2, 0.25) is 0 Å². The lowest BCUT2D eigenvalue weighted by atomic mass is 9.71. The van der Waals surface area contributed by atoms with Crippen molar-refractivity contribution in [3.63, 3.8) is 0 Å². The fraction of sp³-hybridized carbons (Fsp3) is 0.606. The highest BCUT2D eigenvalue weighted by Gasteiger charge is 2.31. The van der Waals surface area contributed by atoms with E-state index in [1.807, 2.05) is 25.1 Å². The smallest absolute Gasteiger partial charge is 0.338 e. The first-order chi connectivity index (χ1) is 18.8. The molecule has 1 saturated carbocycles. The van der Waals surface area contributed by atoms with Gasteiger partial charge in [-0.25, -0.2) is 18.0 Å². The van der Waals surface area contributed by atoms with Crippen molar-refractivity contribution in [3.8, 4) is 16.9 Å². The van der Waals surface area contributed by atoms with Crippen molar-refractivity contribution in [2.75, 3.05) is 6.61 Å². The van der Waals surface area contributed by atoms with E-state index in [-0.39, 0.29) is 17.9 Å². The highest BCUT2D eigenvalue weighted by molar-refractivity contribution is 5.72. The molecule has 0 amide bonds. The zero-order valence-electron chi connectivity index (χ0n) is 23.6. The van der Waals surface area contributed by atoms with Crippen LogP contribution in [0, 0.1) is 23.5 Å². The molecular weight excluding hydrogens is 501 g/mol. The quantitative estimate of drug-likeness (QED) is 0.213. The molecule has 216 valence electrons. The highest BCUT2D eigenvalue weighted by atomic mass is 19.2. The SMILES string of the molecule is CCCCCCCCCOc1cc(C2CCC(C(CC)C[C@H](F)C(=O)O)CC2)ccc1-c1cccc(F)c1F. The minimum atomic E-state index is -1.81. The van der Waals surface area contributed by atoms with Crippen molar-refractivity contribution in [1.82, 2.24) is 0 Å². The van der Waals surface area contributed by atoms with Crippen LogP contribution in [-0.2, 0) is 4.79 Å². The van der Waals surface area contributed by atoms with Crippen molar-refractivity contribution < 1.29 is 27.8 Å². The first kappa shape index (κ1) is 31.0. The zero-order chi connectivity index (χ0) is 28.2. The fourth-order valence-corrected chi connectivity index (χ4v) is 6.07. The number of ether oxygens (including phenoxy) is 1. The molecule has 0 radical (unpaired) electrons. The van der Waals surface area contributed by atoms with Gasteiger partial charge in [0.1, 0.15) is 5.75 Å². The number of carboxylic acids is 1. The van der Waals surface area contributed by atoms with Crippen molar-refractivity contribution in [2.45, 2.75) is 109 Å². The van der Waals surface area contributed by atoms with Crippen molar-refractivity contribution in [1.29, 1.82) is 0 Å². The number of hydrogen-bond acceptors (Lipinski definition) is 2. The molecule has 0 spiro atoms. The van der Waals surface area contributed by atoms with E-state index in [0.717, 1.165) is 56.6 Å². The molecule has 1 aliphatic carbocycles. The number of unbranched alkanes of at least 4 members (excludes halogenated alkanes) is 6. The van der Waals surface area contributed by atoms with Crippen LogP contribution in [-0.4, -0.2) is 23.9 Å². The summed E-state index contributed by atoms with van der Waals surface area (Å²) in [6.45, 7) is 4.74. The van der Waals surface area contributed by atoms with E-state index in [9.17, 15) is 18.0 Å². The molecule has 0 aromatic heterocycles. The number of aliphatic carboxylic acids is 1. The van der Waals surface area contributed by atoms with Gasteiger partial charge in [-0.2, -0.15) is 0 Å². The van der Waals surface area contributed by atoms with Crippen LogP contribution < -0.4 is 4.74 Å². The molecule has 1 aliphatic rings. The maximum Gasteiger partial charge on any atom is 0.338 e. The summed E-state index contributed by atoms with van der Waals surface area (Å²) in [5, 5.41) is 8.98. The lowest BCUT2D eigenvalue weighted by molar-refractivity contribution is -0.143. The van der Waals surface area contributed by atoms with E-state index < -0.39 is 23.8 Å². The summed E-state index contributed by atoms with van der Waals surface area (Å²) in [6, 6.07) is 10.0. The van der Waals surface area contributed by atoms with Crippen molar-refractivity contribution >= 4 is 5.97 Å². The molecule has 3 nitrogen and oxygen atoms in total. The van der Waals surface area contributed by atoms with Gasteiger partial charge >= 0.3 is 5.97 Å². The van der Waals surface area contributed by atoms with Gasteiger partial charge in [0.15, 0.2) is 17.8 Å². The molecule has 1 unspecified atom stereocenters. The molecule has 0 saturated heterocycles. The number of rotatable bonds is 16. The Morgan fingerprint density at radius 3 is 2.31 bits per heavy atom. The monoisotopic (exact) mass is 546 g/mol. The van der Waals surface area contributed by atoms with E-state index in [2.05, 4.69) is 6.92 Å². The molecule has 0 bridgehead atoms. The predicted octanol–water partition coefficient (Wildman–Crippen LogP) is 9.87. The Morgan fingerprint density at radius 2 is 1.64 bits per heavy atom. The Morgan fingerprint density at radius 1 is 0.949 bits per heavy atom. The normalized spacial score (nSPS) is 19.0. The summed E-state index contributed by atoms with van der Waals surface area (Å²) in [5.41, 5.74) is 1.87. The third-order valence-electron chi connectivity index (χ3n) is 8.46. The van der Waals surface area contributed by atoms with Crippen LogP contribution >= 0.6 is 0 Å². The molecule has 2 aromatic carbocycles. The van der Waals surface area contributed by atoms with Crippen LogP contribution in [0.5, 0.6) is 5.75 Å². The Hall–Kier alpha value is -2.50. The predicted molar refractivity (Wildman–Crippen MR) is 151 cm³/mol. The lowest BCUT2D eigenvalue weighted by Gasteiger charge is -2.34. The highest BCUT2D eigenvalue weighted by Crippen LogP contribution is 2.43. The molecule has 2 aromatic rings. The summed E-state index contributed by atoms with van der Waals surface area (Å²) in [7, 11) is 0. The second-order valence-corrected chi connectivity index (χ2v) is 11.1. The van der Waals surface area contributed by atoms with E-state index in [0.29, 0.717) is 29.8 Å². The molecule has 0 aliphatic heterocycles. The van der Waals surface area contributed by atoms with Crippen LogP contribution in [0.1, 0.15) is 109 Å². The fourth-order valence-electron chi connectivity index (χ4n) is 6.07. The minimum absolute atomic E-state index is 0.0660. The van der Waals surface area contributed by atoms with Crippen LogP contribution in [0.4, 0.5) is 13.2 Å². The Balaban J connectivity index is 1.69. The van der Waals surface area contributed by atoms with Gasteiger partial charge in [0, 0.05) is 11.1 Å². The second kappa shape index (κ2) is 15.9. The van der Waals surface area contributed by atoms with Crippen molar-refractivity contribution in [2.24, 2.45) is 11.8 Å². The van der Waals surface area contributed by atoms with Crippen LogP contribution in [0.3, 0.4) is 0 Å². The van der Waals surface area contributed by atoms with Gasteiger partial charge in [-0.05, 0) is 74.0 Å². The summed E-state index contributed by atoms with van der Waals surface area (Å²) >= 11 is 0. The molecule has 6 heteroatoms. The summed E-state index contributed by atoms with van der Waals surface area (Å²) in [4.78, 5) is 11.0. The number of benzene rings is 2. The lowest BCUT2D eigenvalue weighted by Crippen LogP contribution is -2.26. The number of hydrogen-bond donors (Lipinski definition) is 1. The average molecular weight is 547 g/mol. The average Bonchev–Trinajstić information content (AvgIpc) is 2.94. The standard InChI is InChI=1S/C33H45F3O3/c1-3-5-6-7-8-9-10-20-39-31-22-26(18-19-27(31)28-12-11-13-29(34)32(28)36)25-16-14-24(15-17-25)23(4-2)21-30(35)33(37)38/h11-13,18-19,22-25,30H,3-10,14-17,20-21H2,1-2H3,(H,37,38)/t23?,24?,25?,30-/m0/s1. The number of carboxylic acid groups (broad SMARTS) is 1. The van der Waals surface area contributed by atoms with Gasteiger partial charge in [-0.15, -0.1) is 0 Å². The molecule has 2 atom stereocenters. The second-order valence-electron chi connectivity index (χ2n) is 11.1. The van der Waals surface area contributed by atoms with Gasteiger partial charge in [0.2, 0.25) is 0 Å². The third kappa shape index (κ3) is 9.01. The van der Waals surface area contributed by atoms with Gasteiger partial charge in [-0.3, -0.25) is 0 Å². The number of alkyl halides is 1. The minimum Gasteiger partial charge on any atom is -0.493 e. The molecule has 0 heterocycles. The van der Waals surface area contributed by atoms with Gasteiger partial charge < -0.3 is 9.84 Å². The number of halogens is 3. The molecule has 39 heavy (non-hydrogen) atoms. The van der Waals surface area contributed by atoms with E-state index in [4.69, 9.17) is 9.84 Å². The van der Waals surface area contributed by atoms with Gasteiger partial charge in [0.05, 0.1) is 6.61 Å². The molecule has 3 rings (SSSR count). The molecule has 1 fully saturated rings. The van der Waals surface area contributed by atoms with Gasteiger partial charge in [0.25, 0.3) is 0 Å². The molecule has 1 N–H and O–H groups in total. The Kier molecular flexibility index (Phi) is 12.7.